The van der Waals surface area contributed by atoms with Gasteiger partial charge in [0.05, 0.1) is 22.0 Å². The van der Waals surface area contributed by atoms with Crippen LogP contribution in [0.5, 0.6) is 0 Å². The average molecular weight is 417 g/mol. The molecule has 0 spiro atoms. The minimum atomic E-state index is -4.42. The summed E-state index contributed by atoms with van der Waals surface area (Å²) >= 11 is 6.13. The molecule has 2 rings (SSSR count). The van der Waals surface area contributed by atoms with Crippen LogP contribution in [0.25, 0.3) is 0 Å². The van der Waals surface area contributed by atoms with E-state index in [2.05, 4.69) is 5.10 Å². The van der Waals surface area contributed by atoms with E-state index in [0.717, 1.165) is 12.1 Å². The predicted octanol–water partition coefficient (Wildman–Crippen LogP) is 3.76. The molecule has 28 heavy (non-hydrogen) atoms. The molecule has 0 aliphatic rings. The summed E-state index contributed by atoms with van der Waals surface area (Å²) in [7, 11) is 3.74. The topological polar surface area (TPSA) is 41.4 Å². The van der Waals surface area contributed by atoms with Crippen molar-refractivity contribution in [1.82, 2.24) is 19.6 Å². The lowest BCUT2D eigenvalue weighted by Gasteiger charge is -2.25. The molecule has 0 saturated heterocycles. The van der Waals surface area contributed by atoms with Crippen molar-refractivity contribution in [1.29, 1.82) is 0 Å². The minimum Gasteiger partial charge on any atom is -0.335 e. The summed E-state index contributed by atoms with van der Waals surface area (Å²) in [5, 5.41) is 4.76. The molecule has 5 nitrogen and oxygen atoms in total. The first kappa shape index (κ1) is 22.2. The number of halogens is 4. The van der Waals surface area contributed by atoms with Crippen molar-refractivity contribution in [2.45, 2.75) is 33.1 Å². The number of aryl methyl sites for hydroxylation is 1. The molecule has 0 bridgehead atoms. The summed E-state index contributed by atoms with van der Waals surface area (Å²) in [6.07, 6.45) is -4.42. The van der Waals surface area contributed by atoms with E-state index >= 15 is 0 Å². The summed E-state index contributed by atoms with van der Waals surface area (Å²) in [6.45, 7) is 4.56. The summed E-state index contributed by atoms with van der Waals surface area (Å²) in [5.41, 5.74) is 1.01. The number of nitrogens with zero attached hydrogens (tertiary/aromatic N) is 4. The van der Waals surface area contributed by atoms with Crippen LogP contribution in [-0.2, 0) is 24.1 Å². The Morgan fingerprint density at radius 3 is 2.43 bits per heavy atom. The smallest absolute Gasteiger partial charge is 0.335 e. The molecule has 2 aromatic rings. The van der Waals surface area contributed by atoms with E-state index in [0.29, 0.717) is 35.1 Å². The van der Waals surface area contributed by atoms with Crippen LogP contribution in [-0.4, -0.2) is 52.7 Å². The SMILES string of the molecule is Cc1nn(CC(=O)N(CCN(C)C)Cc2cccc(C(F)(F)F)c2)c(C)c1Cl. The molecule has 0 atom stereocenters. The van der Waals surface area contributed by atoms with Crippen molar-refractivity contribution in [3.63, 3.8) is 0 Å². The van der Waals surface area contributed by atoms with E-state index in [1.807, 2.05) is 19.0 Å². The zero-order valence-corrected chi connectivity index (χ0v) is 17.1. The van der Waals surface area contributed by atoms with Gasteiger partial charge < -0.3 is 9.80 Å². The van der Waals surface area contributed by atoms with Gasteiger partial charge in [-0.1, -0.05) is 23.7 Å². The van der Waals surface area contributed by atoms with Crippen LogP contribution in [0.3, 0.4) is 0 Å². The first-order valence-electron chi connectivity index (χ1n) is 8.77. The number of amides is 1. The van der Waals surface area contributed by atoms with Crippen LogP contribution in [0.4, 0.5) is 13.2 Å². The molecule has 0 saturated carbocycles. The Kier molecular flexibility index (Phi) is 7.11. The second-order valence-electron chi connectivity index (χ2n) is 6.96. The van der Waals surface area contributed by atoms with Gasteiger partial charge >= 0.3 is 6.18 Å². The van der Waals surface area contributed by atoms with E-state index in [4.69, 9.17) is 11.6 Å². The minimum absolute atomic E-state index is 0.0220. The van der Waals surface area contributed by atoms with Gasteiger partial charge in [0, 0.05) is 19.6 Å². The number of likely N-dealkylation sites (N-methyl/N-ethyl adjacent to an activating group) is 1. The first-order chi connectivity index (χ1) is 13.0. The number of carbonyl (C=O) groups is 1. The van der Waals surface area contributed by atoms with E-state index in [-0.39, 0.29) is 19.0 Å². The molecule has 1 aromatic heterocycles. The Bertz CT molecular complexity index is 833. The van der Waals surface area contributed by atoms with E-state index in [1.165, 1.54) is 10.7 Å². The highest BCUT2D eigenvalue weighted by atomic mass is 35.5. The third-order valence-electron chi connectivity index (χ3n) is 4.38. The van der Waals surface area contributed by atoms with Crippen LogP contribution < -0.4 is 0 Å². The Morgan fingerprint density at radius 2 is 1.89 bits per heavy atom. The number of hydrogen-bond donors (Lipinski definition) is 0. The van der Waals surface area contributed by atoms with Gasteiger partial charge in [-0.2, -0.15) is 18.3 Å². The highest BCUT2D eigenvalue weighted by molar-refractivity contribution is 6.31. The number of carbonyl (C=O) groups excluding carboxylic acids is 1. The van der Waals surface area contributed by atoms with Crippen molar-refractivity contribution < 1.29 is 18.0 Å². The molecule has 0 N–H and O–H groups in total. The third-order valence-corrected chi connectivity index (χ3v) is 4.92. The quantitative estimate of drug-likeness (QED) is 0.690. The lowest BCUT2D eigenvalue weighted by atomic mass is 10.1. The molecule has 0 fully saturated rings. The Balaban J connectivity index is 2.21. The molecule has 154 valence electrons. The maximum absolute atomic E-state index is 13.0. The summed E-state index contributed by atoms with van der Waals surface area (Å²) in [5.74, 6) is -0.235. The number of benzene rings is 1. The van der Waals surface area contributed by atoms with Gasteiger partial charge in [-0.25, -0.2) is 0 Å². The number of alkyl halides is 3. The maximum Gasteiger partial charge on any atom is 0.416 e. The second kappa shape index (κ2) is 8.96. The number of hydrogen-bond acceptors (Lipinski definition) is 3. The van der Waals surface area contributed by atoms with Crippen molar-refractivity contribution in [3.8, 4) is 0 Å². The average Bonchev–Trinajstić information content (AvgIpc) is 2.84. The predicted molar refractivity (Wildman–Crippen MR) is 102 cm³/mol. The van der Waals surface area contributed by atoms with Gasteiger partial charge in [-0.15, -0.1) is 0 Å². The van der Waals surface area contributed by atoms with Crippen molar-refractivity contribution in [3.05, 3.63) is 51.8 Å². The van der Waals surface area contributed by atoms with E-state index in [9.17, 15) is 18.0 Å². The van der Waals surface area contributed by atoms with Crippen LogP contribution in [0, 0.1) is 13.8 Å². The molecule has 0 unspecified atom stereocenters. The summed E-state index contributed by atoms with van der Waals surface area (Å²) < 4.78 is 40.5. The Morgan fingerprint density at radius 1 is 1.21 bits per heavy atom. The highest BCUT2D eigenvalue weighted by Crippen LogP contribution is 2.29. The molecular formula is C19H24ClF3N4O. The molecule has 0 aliphatic carbocycles. The van der Waals surface area contributed by atoms with Gasteiger partial charge in [0.15, 0.2) is 0 Å². The van der Waals surface area contributed by atoms with Gasteiger partial charge in [0.2, 0.25) is 5.91 Å². The van der Waals surface area contributed by atoms with Crippen molar-refractivity contribution in [2.75, 3.05) is 27.2 Å². The number of aromatic nitrogens is 2. The molecule has 0 aliphatic heterocycles. The molecule has 1 heterocycles. The second-order valence-corrected chi connectivity index (χ2v) is 7.34. The molecular weight excluding hydrogens is 393 g/mol. The molecule has 9 heteroatoms. The third kappa shape index (κ3) is 5.72. The lowest BCUT2D eigenvalue weighted by Crippen LogP contribution is -2.38. The van der Waals surface area contributed by atoms with Crippen LogP contribution in [0.1, 0.15) is 22.5 Å². The van der Waals surface area contributed by atoms with Gasteiger partial charge in [0.1, 0.15) is 6.54 Å². The molecule has 1 aromatic carbocycles. The maximum atomic E-state index is 13.0. The fraction of sp³-hybridized carbons (Fsp3) is 0.474. The number of rotatable bonds is 7. The van der Waals surface area contributed by atoms with E-state index in [1.54, 1.807) is 24.8 Å². The van der Waals surface area contributed by atoms with Crippen LogP contribution in [0.2, 0.25) is 5.02 Å². The molecule has 0 radical (unpaired) electrons. The highest BCUT2D eigenvalue weighted by Gasteiger charge is 2.30. The Hall–Kier alpha value is -2.06. The van der Waals surface area contributed by atoms with E-state index < -0.39 is 11.7 Å². The zero-order valence-electron chi connectivity index (χ0n) is 16.3. The normalized spacial score (nSPS) is 11.9. The van der Waals surface area contributed by atoms with Crippen LogP contribution in [0.15, 0.2) is 24.3 Å². The largest absolute Gasteiger partial charge is 0.416 e. The van der Waals surface area contributed by atoms with Gasteiger partial charge in [0.25, 0.3) is 0 Å². The summed E-state index contributed by atoms with van der Waals surface area (Å²) in [6, 6.07) is 5.04. The summed E-state index contributed by atoms with van der Waals surface area (Å²) in [4.78, 5) is 16.3. The lowest BCUT2D eigenvalue weighted by molar-refractivity contribution is -0.137. The zero-order chi connectivity index (χ0) is 21.1. The van der Waals surface area contributed by atoms with Crippen molar-refractivity contribution >= 4 is 17.5 Å². The Labute approximate surface area is 167 Å². The standard InChI is InChI=1S/C19H24ClF3N4O/c1-13-18(20)14(2)27(24-13)12-17(28)26(9-8-25(3)4)11-15-6-5-7-16(10-15)19(21,22)23/h5-7,10H,8-9,11-12H2,1-4H3. The monoisotopic (exact) mass is 416 g/mol. The molecule has 1 amide bonds. The fourth-order valence-electron chi connectivity index (χ4n) is 2.74. The van der Waals surface area contributed by atoms with Gasteiger partial charge in [-0.3, -0.25) is 9.48 Å². The van der Waals surface area contributed by atoms with Crippen molar-refractivity contribution in [2.24, 2.45) is 0 Å². The van der Waals surface area contributed by atoms with Crippen LogP contribution >= 0.6 is 11.6 Å². The first-order valence-corrected chi connectivity index (χ1v) is 9.15. The fourth-order valence-corrected chi connectivity index (χ4v) is 2.87. The van der Waals surface area contributed by atoms with Gasteiger partial charge in [-0.05, 0) is 45.6 Å².